The molecular formula is C21H33N3O6S. The van der Waals surface area contributed by atoms with Crippen molar-refractivity contribution >= 4 is 21.8 Å². The maximum atomic E-state index is 12.9. The summed E-state index contributed by atoms with van der Waals surface area (Å²) >= 11 is 0. The quantitative estimate of drug-likeness (QED) is 0.457. The molecule has 1 heterocycles. The standard InChI is InChI=1S/C21H33N3O6S/c1-16(2)23(20(25)30-21(3,4)5)14-18-7-6-12-22(13-18)31(28,29)15-17-8-10-19(11-9-17)24(26)27/h8-11,16,18H,6-7,12-15H2,1-5H3. The van der Waals surface area contributed by atoms with Gasteiger partial charge in [-0.25, -0.2) is 17.5 Å². The summed E-state index contributed by atoms with van der Waals surface area (Å²) in [6.45, 7) is 10.5. The molecule has 0 N–H and O–H groups in total. The van der Waals surface area contributed by atoms with Crippen LogP contribution in [0.3, 0.4) is 0 Å². The second-order valence-corrected chi connectivity index (χ2v) is 11.2. The monoisotopic (exact) mass is 455 g/mol. The molecule has 2 rings (SSSR count). The summed E-state index contributed by atoms with van der Waals surface area (Å²) in [5, 5.41) is 10.8. The van der Waals surface area contributed by atoms with Crippen molar-refractivity contribution in [3.8, 4) is 0 Å². The number of sulfonamides is 1. The highest BCUT2D eigenvalue weighted by molar-refractivity contribution is 7.88. The van der Waals surface area contributed by atoms with Gasteiger partial charge in [-0.2, -0.15) is 0 Å². The van der Waals surface area contributed by atoms with Gasteiger partial charge in [-0.05, 0) is 58.9 Å². The first kappa shape index (κ1) is 25.1. The number of nitrogens with zero attached hydrogens (tertiary/aromatic N) is 3. The second-order valence-electron chi connectivity index (χ2n) is 9.27. The number of nitro benzene ring substituents is 1. The summed E-state index contributed by atoms with van der Waals surface area (Å²) < 4.78 is 32.9. The molecule has 1 fully saturated rings. The SMILES string of the molecule is CC(C)N(CC1CCCN(S(=O)(=O)Cc2ccc([N+](=O)[O-])cc2)C1)C(=O)OC(C)(C)C. The summed E-state index contributed by atoms with van der Waals surface area (Å²) in [5.41, 5.74) is -0.169. The fourth-order valence-corrected chi connectivity index (χ4v) is 5.18. The first-order valence-electron chi connectivity index (χ1n) is 10.5. The number of rotatable bonds is 7. The molecule has 1 aromatic carbocycles. The molecular weight excluding hydrogens is 422 g/mol. The van der Waals surface area contributed by atoms with Gasteiger partial charge in [0.25, 0.3) is 5.69 Å². The van der Waals surface area contributed by atoms with Crippen molar-refractivity contribution in [3.05, 3.63) is 39.9 Å². The summed E-state index contributed by atoms with van der Waals surface area (Å²) in [6, 6.07) is 5.50. The van der Waals surface area contributed by atoms with E-state index >= 15 is 0 Å². The zero-order valence-electron chi connectivity index (χ0n) is 18.9. The van der Waals surface area contributed by atoms with Crippen LogP contribution in [0.2, 0.25) is 0 Å². The van der Waals surface area contributed by atoms with Crippen LogP contribution in [0.5, 0.6) is 0 Å². The van der Waals surface area contributed by atoms with Gasteiger partial charge < -0.3 is 9.64 Å². The average molecular weight is 456 g/mol. The molecule has 0 spiro atoms. The number of ether oxygens (including phenoxy) is 1. The van der Waals surface area contributed by atoms with Crippen LogP contribution < -0.4 is 0 Å². The minimum Gasteiger partial charge on any atom is -0.444 e. The Hall–Kier alpha value is -2.20. The van der Waals surface area contributed by atoms with E-state index in [9.17, 15) is 23.3 Å². The van der Waals surface area contributed by atoms with E-state index < -0.39 is 26.6 Å². The Labute approximate surface area is 184 Å². The maximum Gasteiger partial charge on any atom is 0.410 e. The van der Waals surface area contributed by atoms with Crippen LogP contribution >= 0.6 is 0 Å². The summed E-state index contributed by atoms with van der Waals surface area (Å²) in [5.74, 6) is -0.201. The Kier molecular flexibility index (Phi) is 8.04. The molecule has 0 aromatic heterocycles. The van der Waals surface area contributed by atoms with Crippen molar-refractivity contribution < 1.29 is 22.9 Å². The lowest BCUT2D eigenvalue weighted by Crippen LogP contribution is -2.48. The number of piperidine rings is 1. The lowest BCUT2D eigenvalue weighted by Gasteiger charge is -2.37. The van der Waals surface area contributed by atoms with E-state index in [0.29, 0.717) is 31.6 Å². The van der Waals surface area contributed by atoms with Crippen molar-refractivity contribution in [1.82, 2.24) is 9.21 Å². The second kappa shape index (κ2) is 9.95. The van der Waals surface area contributed by atoms with Crippen LogP contribution in [0.15, 0.2) is 24.3 Å². The maximum absolute atomic E-state index is 12.9. The lowest BCUT2D eigenvalue weighted by atomic mass is 9.98. The van der Waals surface area contributed by atoms with E-state index in [1.165, 1.54) is 28.6 Å². The third-order valence-electron chi connectivity index (χ3n) is 5.08. The molecule has 1 aromatic rings. The Morgan fingerprint density at radius 3 is 2.42 bits per heavy atom. The van der Waals surface area contributed by atoms with E-state index in [1.807, 2.05) is 34.6 Å². The molecule has 0 bridgehead atoms. The molecule has 1 atom stereocenters. The number of amides is 1. The predicted molar refractivity (Wildman–Crippen MR) is 118 cm³/mol. The van der Waals surface area contributed by atoms with Gasteiger partial charge in [0.2, 0.25) is 10.0 Å². The van der Waals surface area contributed by atoms with Crippen LogP contribution in [0.25, 0.3) is 0 Å². The largest absolute Gasteiger partial charge is 0.444 e. The van der Waals surface area contributed by atoms with Gasteiger partial charge in [0, 0.05) is 37.8 Å². The van der Waals surface area contributed by atoms with Crippen molar-refractivity contribution in [1.29, 1.82) is 0 Å². The third kappa shape index (κ3) is 7.46. The average Bonchev–Trinajstić information content (AvgIpc) is 2.64. The van der Waals surface area contributed by atoms with Gasteiger partial charge in [0.05, 0.1) is 10.7 Å². The topological polar surface area (TPSA) is 110 Å². The van der Waals surface area contributed by atoms with Gasteiger partial charge >= 0.3 is 6.09 Å². The third-order valence-corrected chi connectivity index (χ3v) is 6.89. The number of carbonyl (C=O) groups is 1. The fraction of sp³-hybridized carbons (Fsp3) is 0.667. The highest BCUT2D eigenvalue weighted by atomic mass is 32.2. The summed E-state index contributed by atoms with van der Waals surface area (Å²) in [7, 11) is -3.58. The number of nitro groups is 1. The van der Waals surface area contributed by atoms with Crippen LogP contribution in [-0.4, -0.2) is 59.9 Å². The Morgan fingerprint density at radius 2 is 1.90 bits per heavy atom. The lowest BCUT2D eigenvalue weighted by molar-refractivity contribution is -0.384. The smallest absolute Gasteiger partial charge is 0.410 e. The Morgan fingerprint density at radius 1 is 1.29 bits per heavy atom. The van der Waals surface area contributed by atoms with Crippen LogP contribution in [0.4, 0.5) is 10.5 Å². The number of hydrogen-bond donors (Lipinski definition) is 0. The van der Waals surface area contributed by atoms with E-state index in [2.05, 4.69) is 0 Å². The fourth-order valence-electron chi connectivity index (χ4n) is 3.54. The molecule has 0 aliphatic carbocycles. The number of carbonyl (C=O) groups excluding carboxylic acids is 1. The minimum atomic E-state index is -3.58. The van der Waals surface area contributed by atoms with Crippen molar-refractivity contribution in [2.24, 2.45) is 5.92 Å². The van der Waals surface area contributed by atoms with Crippen molar-refractivity contribution in [2.45, 2.75) is 64.9 Å². The van der Waals surface area contributed by atoms with Gasteiger partial charge in [-0.3, -0.25) is 10.1 Å². The first-order chi connectivity index (χ1) is 14.3. The number of hydrogen-bond acceptors (Lipinski definition) is 6. The number of benzene rings is 1. The molecule has 174 valence electrons. The molecule has 0 saturated carbocycles. The van der Waals surface area contributed by atoms with Gasteiger partial charge in [-0.1, -0.05) is 12.1 Å². The Bertz CT molecular complexity index is 877. The molecule has 1 aliphatic heterocycles. The molecule has 0 radical (unpaired) electrons. The highest BCUT2D eigenvalue weighted by Crippen LogP contribution is 2.24. The van der Waals surface area contributed by atoms with E-state index in [0.717, 1.165) is 6.42 Å². The molecule has 1 unspecified atom stereocenters. The summed E-state index contributed by atoms with van der Waals surface area (Å²) in [4.78, 5) is 24.5. The van der Waals surface area contributed by atoms with E-state index in [-0.39, 0.29) is 23.4 Å². The molecule has 10 heteroatoms. The number of non-ortho nitro benzene ring substituents is 1. The Balaban J connectivity index is 2.05. The van der Waals surface area contributed by atoms with E-state index in [1.54, 1.807) is 4.90 Å². The molecule has 1 aliphatic rings. The zero-order valence-corrected chi connectivity index (χ0v) is 19.7. The van der Waals surface area contributed by atoms with E-state index in [4.69, 9.17) is 4.74 Å². The van der Waals surface area contributed by atoms with Crippen LogP contribution in [0, 0.1) is 16.0 Å². The van der Waals surface area contributed by atoms with Crippen LogP contribution in [-0.2, 0) is 20.5 Å². The summed E-state index contributed by atoms with van der Waals surface area (Å²) in [6.07, 6.45) is 1.15. The molecule has 9 nitrogen and oxygen atoms in total. The minimum absolute atomic E-state index is 0.00954. The predicted octanol–water partition coefficient (Wildman–Crippen LogP) is 3.78. The van der Waals surface area contributed by atoms with Crippen molar-refractivity contribution in [2.75, 3.05) is 19.6 Å². The molecule has 1 amide bonds. The van der Waals surface area contributed by atoms with Crippen molar-refractivity contribution in [3.63, 3.8) is 0 Å². The molecule has 1 saturated heterocycles. The van der Waals surface area contributed by atoms with Gasteiger partial charge in [-0.15, -0.1) is 0 Å². The van der Waals surface area contributed by atoms with Gasteiger partial charge in [0.1, 0.15) is 5.60 Å². The van der Waals surface area contributed by atoms with Crippen LogP contribution in [0.1, 0.15) is 53.0 Å². The highest BCUT2D eigenvalue weighted by Gasteiger charge is 2.32. The normalized spacial score (nSPS) is 18.1. The first-order valence-corrected chi connectivity index (χ1v) is 12.1. The molecule has 31 heavy (non-hydrogen) atoms. The zero-order chi connectivity index (χ0) is 23.4. The van der Waals surface area contributed by atoms with Gasteiger partial charge in [0.15, 0.2) is 0 Å².